The van der Waals surface area contributed by atoms with Gasteiger partial charge in [0.1, 0.15) is 42.0 Å². The van der Waals surface area contributed by atoms with E-state index in [1.807, 2.05) is 41.5 Å². The summed E-state index contributed by atoms with van der Waals surface area (Å²) in [6, 6.07) is -2.02. The van der Waals surface area contributed by atoms with E-state index in [4.69, 9.17) is 22.7 Å². The fourth-order valence-electron chi connectivity index (χ4n) is 4.82. The fourth-order valence-corrected chi connectivity index (χ4v) is 4.82. The lowest BCUT2D eigenvalue weighted by Gasteiger charge is -2.25. The van der Waals surface area contributed by atoms with Crippen LogP contribution in [-0.2, 0) is 9.47 Å². The average Bonchev–Trinajstić information content (AvgIpc) is 3.83. The summed E-state index contributed by atoms with van der Waals surface area (Å²) in [5.41, 5.74) is -0.685. The Balaban J connectivity index is 1.81. The summed E-state index contributed by atoms with van der Waals surface area (Å²) in [7, 11) is 1.25. The van der Waals surface area contributed by atoms with E-state index >= 15 is 0 Å². The molecule has 15 heteroatoms. The largest absolute Gasteiger partial charge is 0.464 e. The lowest BCUT2D eigenvalue weighted by Crippen LogP contribution is -2.37. The third-order valence-corrected chi connectivity index (χ3v) is 8.38. The van der Waals surface area contributed by atoms with Gasteiger partial charge in [0.25, 0.3) is 11.8 Å². The topological polar surface area (TPSA) is 201 Å². The maximum absolute atomic E-state index is 13.4. The summed E-state index contributed by atoms with van der Waals surface area (Å²) >= 11 is 0. The second-order valence-electron chi connectivity index (χ2n) is 13.3. The Kier molecular flexibility index (Phi) is 13.1. The van der Waals surface area contributed by atoms with Crippen molar-refractivity contribution in [2.24, 2.45) is 17.8 Å². The number of hydrogen-bond acceptors (Lipinski definition) is 12. The van der Waals surface area contributed by atoms with Crippen LogP contribution in [0.4, 0.5) is 4.79 Å². The molecule has 49 heavy (non-hydrogen) atoms. The van der Waals surface area contributed by atoms with Crippen molar-refractivity contribution in [1.29, 1.82) is 0 Å². The first-order valence-electron chi connectivity index (χ1n) is 16.6. The number of amides is 3. The van der Waals surface area contributed by atoms with Crippen molar-refractivity contribution in [1.82, 2.24) is 30.9 Å². The Hall–Kier alpha value is -4.69. The fraction of sp³-hybridized carbons (Fsp3) is 0.618. The van der Waals surface area contributed by atoms with Gasteiger partial charge in [-0.2, -0.15) is 0 Å². The molecule has 1 unspecified atom stereocenters. The van der Waals surface area contributed by atoms with E-state index in [9.17, 15) is 19.2 Å². The molecule has 3 amide bonds. The number of aromatic nitrogens is 3. The third-order valence-electron chi connectivity index (χ3n) is 8.38. The van der Waals surface area contributed by atoms with Crippen LogP contribution in [0.15, 0.2) is 25.8 Å². The van der Waals surface area contributed by atoms with Gasteiger partial charge in [0.15, 0.2) is 17.1 Å². The lowest BCUT2D eigenvalue weighted by molar-refractivity contribution is 0.0474. The molecule has 0 bridgehead atoms. The normalized spacial score (nSPS) is 15.3. The summed E-state index contributed by atoms with van der Waals surface area (Å²) in [6.45, 7) is 18.5. The molecule has 0 spiro atoms. The number of nitrogens with zero attached hydrogens (tertiary/aromatic N) is 3. The number of alkyl carbamates (subject to hydrolysis) is 1. The van der Waals surface area contributed by atoms with E-state index in [2.05, 4.69) is 30.9 Å². The molecule has 0 aliphatic rings. The molecule has 3 N–H and O–H groups in total. The van der Waals surface area contributed by atoms with Gasteiger partial charge in [-0.3, -0.25) is 9.59 Å². The molecule has 3 rings (SSSR count). The van der Waals surface area contributed by atoms with Crippen LogP contribution in [0.2, 0.25) is 0 Å². The highest BCUT2D eigenvalue weighted by Crippen LogP contribution is 2.29. The number of ether oxygens (including phenoxy) is 2. The summed E-state index contributed by atoms with van der Waals surface area (Å²) < 4.78 is 27.3. The Morgan fingerprint density at radius 3 is 1.57 bits per heavy atom. The lowest BCUT2D eigenvalue weighted by atomic mass is 9.98. The zero-order valence-corrected chi connectivity index (χ0v) is 30.3. The molecule has 0 saturated heterocycles. The van der Waals surface area contributed by atoms with Gasteiger partial charge in [-0.1, -0.05) is 60.8 Å². The van der Waals surface area contributed by atoms with Gasteiger partial charge < -0.3 is 38.7 Å². The van der Waals surface area contributed by atoms with Gasteiger partial charge in [0.2, 0.25) is 17.7 Å². The van der Waals surface area contributed by atoms with Crippen molar-refractivity contribution in [3.8, 4) is 0 Å². The Bertz CT molecular complexity index is 1590. The molecule has 0 radical (unpaired) electrons. The Labute approximate surface area is 286 Å². The molecule has 0 aromatic carbocycles. The molecule has 270 valence electrons. The number of hydrogen-bond donors (Lipinski definition) is 3. The molecule has 6 atom stereocenters. The zero-order chi connectivity index (χ0) is 36.6. The van der Waals surface area contributed by atoms with Crippen LogP contribution < -0.4 is 16.0 Å². The van der Waals surface area contributed by atoms with Crippen molar-refractivity contribution < 1.29 is 41.9 Å². The van der Waals surface area contributed by atoms with Gasteiger partial charge in [-0.25, -0.2) is 24.5 Å². The van der Waals surface area contributed by atoms with Crippen molar-refractivity contribution >= 4 is 23.9 Å². The Morgan fingerprint density at radius 1 is 0.735 bits per heavy atom. The number of oxazole rings is 3. The van der Waals surface area contributed by atoms with Gasteiger partial charge in [-0.05, 0) is 45.4 Å². The molecule has 0 aliphatic heterocycles. The van der Waals surface area contributed by atoms with E-state index < -0.39 is 47.6 Å². The standard InChI is InChI=1S/C34H50N6O9/c1-12-17(4)23(37-27(41)21-16-47-30(36-21)24(18(5)13-2)40-33(44)49-34(8,9)10)29-35-22(15-46-29)28(42)38-25(19(6)14-3)31-39-26(20(7)48-31)32(43)45-11/h15-19,23-25H,12-14H2,1-11H3,(H,37,41)(H,38,42)(H,40,44)/t17-,18?,19-,23+,24-,25-/m0/s1. The second-order valence-corrected chi connectivity index (χ2v) is 13.3. The third kappa shape index (κ3) is 9.92. The number of rotatable bonds is 15. The minimum absolute atomic E-state index is 0.00363. The van der Waals surface area contributed by atoms with Crippen molar-refractivity contribution in [2.45, 2.75) is 112 Å². The van der Waals surface area contributed by atoms with Crippen LogP contribution >= 0.6 is 0 Å². The number of carbonyl (C=O) groups excluding carboxylic acids is 4. The summed E-state index contributed by atoms with van der Waals surface area (Å²) in [5, 5.41) is 8.61. The van der Waals surface area contributed by atoms with E-state index in [1.54, 1.807) is 27.7 Å². The number of esters is 1. The predicted octanol–water partition coefficient (Wildman–Crippen LogP) is 6.39. The number of aryl methyl sites for hydroxylation is 1. The van der Waals surface area contributed by atoms with E-state index in [0.717, 1.165) is 0 Å². The van der Waals surface area contributed by atoms with Crippen LogP contribution in [0.25, 0.3) is 0 Å². The minimum Gasteiger partial charge on any atom is -0.464 e. The molecule has 15 nitrogen and oxygen atoms in total. The molecular weight excluding hydrogens is 636 g/mol. The monoisotopic (exact) mass is 686 g/mol. The molecule has 3 aromatic rings. The predicted molar refractivity (Wildman–Crippen MR) is 176 cm³/mol. The highest BCUT2D eigenvalue weighted by atomic mass is 16.6. The van der Waals surface area contributed by atoms with Crippen LogP contribution in [0.5, 0.6) is 0 Å². The highest BCUT2D eigenvalue weighted by Gasteiger charge is 2.33. The van der Waals surface area contributed by atoms with E-state index in [1.165, 1.54) is 19.6 Å². The van der Waals surface area contributed by atoms with Gasteiger partial charge in [0, 0.05) is 0 Å². The van der Waals surface area contributed by atoms with Crippen LogP contribution in [0.3, 0.4) is 0 Å². The van der Waals surface area contributed by atoms with E-state index in [-0.39, 0.29) is 58.3 Å². The quantitative estimate of drug-likeness (QED) is 0.149. The zero-order valence-electron chi connectivity index (χ0n) is 30.3. The molecule has 0 aliphatic carbocycles. The molecule has 3 heterocycles. The SMILES string of the molecule is CCC(C)[C@H](NC(=O)OC(C)(C)C)c1nc(C(=O)N[C@@H](c2nc(C(=O)N[C@H](c3nc(C(=O)OC)c(C)o3)[C@@H](C)CC)co2)[C@@H](C)CC)co1. The first kappa shape index (κ1) is 38.8. The molecule has 0 saturated carbocycles. The highest BCUT2D eigenvalue weighted by molar-refractivity contribution is 5.93. The molecule has 0 fully saturated rings. The molecule has 3 aromatic heterocycles. The van der Waals surface area contributed by atoms with Crippen LogP contribution in [-0.4, -0.2) is 51.5 Å². The van der Waals surface area contributed by atoms with Crippen molar-refractivity contribution in [3.63, 3.8) is 0 Å². The van der Waals surface area contributed by atoms with Crippen molar-refractivity contribution in [3.05, 3.63) is 53.0 Å². The average molecular weight is 687 g/mol. The minimum atomic E-state index is -0.716. The summed E-state index contributed by atoms with van der Waals surface area (Å²) in [6.07, 6.45) is 3.84. The number of methoxy groups -OCH3 is 1. The number of carbonyl (C=O) groups is 4. The maximum atomic E-state index is 13.4. The maximum Gasteiger partial charge on any atom is 0.408 e. The van der Waals surface area contributed by atoms with E-state index in [0.29, 0.717) is 19.3 Å². The first-order chi connectivity index (χ1) is 23.0. The Morgan fingerprint density at radius 2 is 1.16 bits per heavy atom. The van der Waals surface area contributed by atoms with Gasteiger partial charge in [0.05, 0.1) is 7.11 Å². The smallest absolute Gasteiger partial charge is 0.408 e. The summed E-state index contributed by atoms with van der Waals surface area (Å²) in [5.74, 6) is -1.36. The second kappa shape index (κ2) is 16.6. The van der Waals surface area contributed by atoms with Gasteiger partial charge >= 0.3 is 12.1 Å². The first-order valence-corrected chi connectivity index (χ1v) is 16.6. The van der Waals surface area contributed by atoms with Crippen LogP contribution in [0, 0.1) is 24.7 Å². The van der Waals surface area contributed by atoms with Crippen molar-refractivity contribution in [2.75, 3.05) is 7.11 Å². The number of nitrogens with one attached hydrogen (secondary N) is 3. The van der Waals surface area contributed by atoms with Gasteiger partial charge in [-0.15, -0.1) is 0 Å². The van der Waals surface area contributed by atoms with Crippen LogP contribution in [0.1, 0.15) is 155 Å². The molecular formula is C34H50N6O9. The summed E-state index contributed by atoms with van der Waals surface area (Å²) in [4.78, 5) is 64.6.